The third-order valence-corrected chi connectivity index (χ3v) is 4.81. The molecule has 1 aliphatic rings. The van der Waals surface area contributed by atoms with Crippen LogP contribution in [0.2, 0.25) is 0 Å². The lowest BCUT2D eigenvalue weighted by molar-refractivity contribution is 0.0169. The summed E-state index contributed by atoms with van der Waals surface area (Å²) in [7, 11) is 0. The Morgan fingerprint density at radius 2 is 2.22 bits per heavy atom. The normalized spacial score (nSPS) is 17.7. The molecule has 2 heterocycles. The summed E-state index contributed by atoms with van der Waals surface area (Å²) in [5.41, 5.74) is 1.64. The van der Waals surface area contributed by atoms with Crippen molar-refractivity contribution < 1.29 is 9.53 Å². The van der Waals surface area contributed by atoms with Gasteiger partial charge in [0.25, 0.3) is 5.91 Å². The van der Waals surface area contributed by atoms with Crippen LogP contribution >= 0.6 is 11.3 Å². The van der Waals surface area contributed by atoms with Crippen LogP contribution in [0.25, 0.3) is 0 Å². The summed E-state index contributed by atoms with van der Waals surface area (Å²) in [4.78, 5) is 13.6. The molecule has 5 heteroatoms. The summed E-state index contributed by atoms with van der Waals surface area (Å²) in [5, 5.41) is 8.39. The van der Waals surface area contributed by atoms with E-state index in [0.717, 1.165) is 31.7 Å². The van der Waals surface area contributed by atoms with E-state index in [9.17, 15) is 4.79 Å². The van der Waals surface area contributed by atoms with Gasteiger partial charge < -0.3 is 15.4 Å². The number of hydrogen-bond donors (Lipinski definition) is 2. The van der Waals surface area contributed by atoms with E-state index < -0.39 is 0 Å². The van der Waals surface area contributed by atoms with Gasteiger partial charge in [-0.25, -0.2) is 0 Å². The molecule has 0 saturated carbocycles. The molecule has 2 aromatic rings. The molecule has 1 saturated heterocycles. The van der Waals surface area contributed by atoms with Crippen molar-refractivity contribution in [2.24, 2.45) is 0 Å². The predicted octanol–water partition coefficient (Wildman–Crippen LogP) is 3.66. The molecular weight excluding hydrogens is 308 g/mol. The molecule has 1 atom stereocenters. The number of thiophene rings is 1. The zero-order valence-electron chi connectivity index (χ0n) is 13.1. The number of ether oxygens (including phenoxy) is 1. The molecule has 0 radical (unpaired) electrons. The predicted molar refractivity (Wildman–Crippen MR) is 94.0 cm³/mol. The summed E-state index contributed by atoms with van der Waals surface area (Å²) in [5.74, 6) is -0.0426. The van der Waals surface area contributed by atoms with Crippen LogP contribution in [-0.2, 0) is 11.3 Å². The molecule has 1 unspecified atom stereocenters. The Bertz CT molecular complexity index is 622. The molecule has 0 bridgehead atoms. The number of anilines is 1. The molecule has 1 aromatic carbocycles. The Kier molecular flexibility index (Phi) is 5.66. The molecule has 1 aromatic heterocycles. The summed E-state index contributed by atoms with van der Waals surface area (Å²) >= 11 is 1.72. The van der Waals surface area contributed by atoms with Gasteiger partial charge in [-0.3, -0.25) is 4.79 Å². The standard InChI is InChI=1S/C18H22N2O2S/c21-18(20-12-16-7-1-2-9-22-16)14-5-3-6-15(11-14)19-13-17-8-4-10-23-17/h3-6,8,10-11,16,19H,1-2,7,9,12-13H2,(H,20,21). The Labute approximate surface area is 140 Å². The fourth-order valence-electron chi connectivity index (χ4n) is 2.65. The van der Waals surface area contributed by atoms with Crippen LogP contribution in [0.5, 0.6) is 0 Å². The molecule has 0 spiro atoms. The number of hydrogen-bond acceptors (Lipinski definition) is 4. The van der Waals surface area contributed by atoms with Crippen LogP contribution < -0.4 is 10.6 Å². The molecule has 0 aliphatic carbocycles. The van der Waals surface area contributed by atoms with Gasteiger partial charge in [0.2, 0.25) is 0 Å². The smallest absolute Gasteiger partial charge is 0.251 e. The molecule has 122 valence electrons. The van der Waals surface area contributed by atoms with E-state index in [1.165, 1.54) is 11.3 Å². The van der Waals surface area contributed by atoms with Crippen LogP contribution in [0.15, 0.2) is 41.8 Å². The van der Waals surface area contributed by atoms with E-state index >= 15 is 0 Å². The first-order chi connectivity index (χ1) is 11.3. The van der Waals surface area contributed by atoms with E-state index in [-0.39, 0.29) is 12.0 Å². The summed E-state index contributed by atoms with van der Waals surface area (Å²) in [6, 6.07) is 11.8. The van der Waals surface area contributed by atoms with Gasteiger partial charge in [-0.2, -0.15) is 0 Å². The third-order valence-electron chi connectivity index (χ3n) is 3.94. The van der Waals surface area contributed by atoms with E-state index in [0.29, 0.717) is 12.1 Å². The van der Waals surface area contributed by atoms with Crippen LogP contribution in [0.1, 0.15) is 34.5 Å². The highest BCUT2D eigenvalue weighted by atomic mass is 32.1. The van der Waals surface area contributed by atoms with E-state index in [2.05, 4.69) is 22.1 Å². The topological polar surface area (TPSA) is 50.4 Å². The maximum absolute atomic E-state index is 12.3. The SMILES string of the molecule is O=C(NCC1CCCCO1)c1cccc(NCc2cccs2)c1. The minimum absolute atomic E-state index is 0.0426. The van der Waals surface area contributed by atoms with Gasteiger partial charge in [-0.15, -0.1) is 11.3 Å². The lowest BCUT2D eigenvalue weighted by Gasteiger charge is -2.22. The van der Waals surface area contributed by atoms with Crippen LogP contribution in [0, 0.1) is 0 Å². The van der Waals surface area contributed by atoms with Crippen LogP contribution in [0.3, 0.4) is 0 Å². The second-order valence-electron chi connectivity index (χ2n) is 5.71. The number of rotatable bonds is 6. The summed E-state index contributed by atoms with van der Waals surface area (Å²) in [6.07, 6.45) is 3.50. The monoisotopic (exact) mass is 330 g/mol. The maximum Gasteiger partial charge on any atom is 0.251 e. The molecule has 1 fully saturated rings. The molecule has 4 nitrogen and oxygen atoms in total. The Morgan fingerprint density at radius 1 is 1.26 bits per heavy atom. The van der Waals surface area contributed by atoms with Crippen LogP contribution in [-0.4, -0.2) is 25.2 Å². The number of carbonyl (C=O) groups is 1. The minimum Gasteiger partial charge on any atom is -0.380 e. The second kappa shape index (κ2) is 8.13. The first-order valence-corrected chi connectivity index (χ1v) is 8.95. The molecule has 1 amide bonds. The Hall–Kier alpha value is -1.85. The van der Waals surface area contributed by atoms with E-state index in [4.69, 9.17) is 4.74 Å². The van der Waals surface area contributed by atoms with Crippen molar-refractivity contribution in [2.45, 2.75) is 31.9 Å². The summed E-state index contributed by atoms with van der Waals surface area (Å²) < 4.78 is 5.64. The molecule has 23 heavy (non-hydrogen) atoms. The minimum atomic E-state index is -0.0426. The average molecular weight is 330 g/mol. The number of amides is 1. The van der Waals surface area contributed by atoms with Crippen molar-refractivity contribution in [1.29, 1.82) is 0 Å². The van der Waals surface area contributed by atoms with E-state index in [1.54, 1.807) is 11.3 Å². The van der Waals surface area contributed by atoms with Crippen molar-refractivity contribution in [3.8, 4) is 0 Å². The number of nitrogens with one attached hydrogen (secondary N) is 2. The molecule has 2 N–H and O–H groups in total. The zero-order chi connectivity index (χ0) is 15.9. The van der Waals surface area contributed by atoms with Gasteiger partial charge in [-0.1, -0.05) is 12.1 Å². The van der Waals surface area contributed by atoms with Crippen molar-refractivity contribution in [2.75, 3.05) is 18.5 Å². The van der Waals surface area contributed by atoms with Crippen molar-refractivity contribution >= 4 is 22.9 Å². The quantitative estimate of drug-likeness (QED) is 0.850. The fraction of sp³-hybridized carbons (Fsp3) is 0.389. The van der Waals surface area contributed by atoms with Crippen molar-refractivity contribution in [3.05, 3.63) is 52.2 Å². The number of carbonyl (C=O) groups excluding carboxylic acids is 1. The zero-order valence-corrected chi connectivity index (χ0v) is 13.9. The van der Waals surface area contributed by atoms with Crippen LogP contribution in [0.4, 0.5) is 5.69 Å². The van der Waals surface area contributed by atoms with Gasteiger partial charge in [0, 0.05) is 35.8 Å². The Balaban J connectivity index is 1.52. The lowest BCUT2D eigenvalue weighted by atomic mass is 10.1. The second-order valence-corrected chi connectivity index (χ2v) is 6.74. The van der Waals surface area contributed by atoms with Gasteiger partial charge in [0.15, 0.2) is 0 Å². The average Bonchev–Trinajstić information content (AvgIpc) is 3.12. The largest absolute Gasteiger partial charge is 0.380 e. The highest BCUT2D eigenvalue weighted by molar-refractivity contribution is 7.09. The molecular formula is C18H22N2O2S. The fourth-order valence-corrected chi connectivity index (χ4v) is 3.29. The van der Waals surface area contributed by atoms with Gasteiger partial charge in [0.05, 0.1) is 6.10 Å². The number of benzene rings is 1. The lowest BCUT2D eigenvalue weighted by Crippen LogP contribution is -2.35. The van der Waals surface area contributed by atoms with E-state index in [1.807, 2.05) is 30.3 Å². The third kappa shape index (κ3) is 4.81. The van der Waals surface area contributed by atoms with Gasteiger partial charge in [-0.05, 0) is 48.9 Å². The highest BCUT2D eigenvalue weighted by Gasteiger charge is 2.15. The van der Waals surface area contributed by atoms with Gasteiger partial charge >= 0.3 is 0 Å². The molecule has 3 rings (SSSR count). The first kappa shape index (κ1) is 16.0. The highest BCUT2D eigenvalue weighted by Crippen LogP contribution is 2.15. The van der Waals surface area contributed by atoms with Crippen molar-refractivity contribution in [1.82, 2.24) is 5.32 Å². The first-order valence-electron chi connectivity index (χ1n) is 8.07. The summed E-state index contributed by atoms with van der Waals surface area (Å²) in [6.45, 7) is 2.17. The maximum atomic E-state index is 12.3. The van der Waals surface area contributed by atoms with Crippen molar-refractivity contribution in [3.63, 3.8) is 0 Å². The van der Waals surface area contributed by atoms with Gasteiger partial charge in [0.1, 0.15) is 0 Å². The molecule has 1 aliphatic heterocycles. The Morgan fingerprint density at radius 3 is 3.00 bits per heavy atom.